The fourth-order valence-electron chi connectivity index (χ4n) is 4.67. The molecule has 1 unspecified atom stereocenters. The highest BCUT2D eigenvalue weighted by Crippen LogP contribution is 2.25. The highest BCUT2D eigenvalue weighted by Gasteiger charge is 2.31. The van der Waals surface area contributed by atoms with Crippen LogP contribution in [0.15, 0.2) is 83.4 Å². The number of thiazole rings is 1. The molecule has 0 saturated carbocycles. The zero-order chi connectivity index (χ0) is 30.7. The van der Waals surface area contributed by atoms with Crippen molar-refractivity contribution in [1.29, 1.82) is 0 Å². The van der Waals surface area contributed by atoms with Gasteiger partial charge in [-0.1, -0.05) is 49.4 Å². The van der Waals surface area contributed by atoms with Crippen molar-refractivity contribution in [2.45, 2.75) is 40.0 Å². The lowest BCUT2D eigenvalue weighted by molar-refractivity contribution is -0.274. The zero-order valence-electron chi connectivity index (χ0n) is 23.9. The van der Waals surface area contributed by atoms with Crippen LogP contribution < -0.4 is 14.9 Å². The van der Waals surface area contributed by atoms with Crippen LogP contribution >= 0.6 is 11.3 Å². The number of benzene rings is 3. The fraction of sp³-hybridized carbons (Fsp3) is 0.226. The highest BCUT2D eigenvalue weighted by molar-refractivity contribution is 7.07. The highest BCUT2D eigenvalue weighted by atomic mass is 32.1. The molecule has 5 rings (SSSR count). The first-order valence-corrected chi connectivity index (χ1v) is 14.3. The number of hydrogen-bond donors (Lipinski definition) is 1. The number of halogens is 3. The quantitative estimate of drug-likeness (QED) is 0.216. The standard InChI is InChI=1S/C31H29F3N6O2S/c1-19-6-5-7-20(2)27(19)40-22(4)17-43-30(40)37-29(41)35-16-21(3)23-8-10-24(11-9-23)28-36-18-39(38-28)25-12-14-26(15-13-25)42-31(32,33)34/h5-15,17-18,21H,16H2,1-4H3,(H,35,41). The van der Waals surface area contributed by atoms with Gasteiger partial charge in [0.25, 0.3) is 0 Å². The molecule has 2 heterocycles. The topological polar surface area (TPSA) is 86.3 Å². The number of carbonyl (C=O) groups is 1. The molecule has 0 spiro atoms. The number of para-hydroxylation sites is 1. The second kappa shape index (κ2) is 12.3. The summed E-state index contributed by atoms with van der Waals surface area (Å²) in [5, 5.41) is 9.35. The van der Waals surface area contributed by atoms with Gasteiger partial charge in [-0.05, 0) is 67.6 Å². The number of ether oxygens (including phenoxy) is 1. The summed E-state index contributed by atoms with van der Waals surface area (Å²) in [4.78, 5) is 22.1. The van der Waals surface area contributed by atoms with Gasteiger partial charge in [0.1, 0.15) is 12.1 Å². The molecule has 0 fully saturated rings. The molecule has 0 saturated heterocycles. The summed E-state index contributed by atoms with van der Waals surface area (Å²) in [5.41, 5.74) is 6.59. The molecule has 0 aliphatic heterocycles. The second-order valence-corrected chi connectivity index (χ2v) is 10.9. The maximum atomic E-state index is 12.8. The van der Waals surface area contributed by atoms with Crippen LogP contribution in [0.2, 0.25) is 0 Å². The summed E-state index contributed by atoms with van der Waals surface area (Å²) in [6, 6.07) is 18.7. The van der Waals surface area contributed by atoms with Crippen molar-refractivity contribution in [1.82, 2.24) is 24.6 Å². The van der Waals surface area contributed by atoms with Gasteiger partial charge in [0.15, 0.2) is 10.6 Å². The van der Waals surface area contributed by atoms with E-state index in [0.717, 1.165) is 33.6 Å². The Morgan fingerprint density at radius 3 is 2.35 bits per heavy atom. The van der Waals surface area contributed by atoms with E-state index in [1.807, 2.05) is 80.1 Å². The van der Waals surface area contributed by atoms with E-state index in [9.17, 15) is 18.0 Å². The Kier molecular flexibility index (Phi) is 8.49. The summed E-state index contributed by atoms with van der Waals surface area (Å²) in [6.07, 6.45) is -3.26. The number of urea groups is 1. The Morgan fingerprint density at radius 1 is 1.02 bits per heavy atom. The number of rotatable bonds is 7. The molecule has 0 aliphatic carbocycles. The molecule has 2 aromatic heterocycles. The van der Waals surface area contributed by atoms with E-state index in [0.29, 0.717) is 22.9 Å². The lowest BCUT2D eigenvalue weighted by atomic mass is 10.00. The third kappa shape index (κ3) is 7.03. The first-order chi connectivity index (χ1) is 20.5. The molecular formula is C31H29F3N6O2S. The number of carbonyl (C=O) groups excluding carboxylic acids is 1. The molecule has 43 heavy (non-hydrogen) atoms. The van der Waals surface area contributed by atoms with Crippen molar-refractivity contribution < 1.29 is 22.7 Å². The number of aromatic nitrogens is 4. The van der Waals surface area contributed by atoms with E-state index in [1.54, 1.807) is 0 Å². The number of aryl methyl sites for hydroxylation is 3. The maximum Gasteiger partial charge on any atom is 0.573 e. The van der Waals surface area contributed by atoms with E-state index in [4.69, 9.17) is 0 Å². The summed E-state index contributed by atoms with van der Waals surface area (Å²) in [7, 11) is 0. The summed E-state index contributed by atoms with van der Waals surface area (Å²) >= 11 is 1.42. The van der Waals surface area contributed by atoms with Crippen LogP contribution in [0.5, 0.6) is 5.75 Å². The average Bonchev–Trinajstić information content (AvgIpc) is 3.59. The van der Waals surface area contributed by atoms with Gasteiger partial charge in [0, 0.05) is 23.2 Å². The minimum Gasteiger partial charge on any atom is -0.406 e. The summed E-state index contributed by atoms with van der Waals surface area (Å²) in [5.74, 6) is 0.172. The Morgan fingerprint density at radius 2 is 1.70 bits per heavy atom. The fourth-order valence-corrected chi connectivity index (χ4v) is 5.52. The predicted octanol–water partition coefficient (Wildman–Crippen LogP) is 7.02. The molecule has 5 aromatic rings. The van der Waals surface area contributed by atoms with Crippen molar-refractivity contribution in [3.63, 3.8) is 0 Å². The molecule has 0 bridgehead atoms. The van der Waals surface area contributed by atoms with Crippen LogP contribution in [0.4, 0.5) is 18.0 Å². The number of nitrogens with zero attached hydrogens (tertiary/aromatic N) is 5. The van der Waals surface area contributed by atoms with E-state index in [2.05, 4.69) is 25.1 Å². The number of alkyl halides is 3. The van der Waals surface area contributed by atoms with Crippen molar-refractivity contribution in [2.24, 2.45) is 4.99 Å². The van der Waals surface area contributed by atoms with E-state index in [1.165, 1.54) is 46.6 Å². The van der Waals surface area contributed by atoms with Crippen LogP contribution in [0, 0.1) is 20.8 Å². The average molecular weight is 607 g/mol. The Balaban J connectivity index is 1.22. The van der Waals surface area contributed by atoms with Gasteiger partial charge in [-0.25, -0.2) is 14.5 Å². The first-order valence-electron chi connectivity index (χ1n) is 13.4. The molecule has 0 aliphatic rings. The molecule has 0 radical (unpaired) electrons. The Labute approximate surface area is 250 Å². The molecular weight excluding hydrogens is 577 g/mol. The van der Waals surface area contributed by atoms with Gasteiger partial charge < -0.3 is 10.1 Å². The third-order valence-electron chi connectivity index (χ3n) is 6.86. The van der Waals surface area contributed by atoms with Gasteiger partial charge in [-0.2, -0.15) is 4.99 Å². The van der Waals surface area contributed by atoms with Crippen molar-refractivity contribution in [3.8, 4) is 28.5 Å². The maximum absolute atomic E-state index is 12.8. The lowest BCUT2D eigenvalue weighted by Gasteiger charge is -2.13. The first kappa shape index (κ1) is 29.8. The molecule has 12 heteroatoms. The van der Waals surface area contributed by atoms with Crippen molar-refractivity contribution in [3.05, 3.63) is 106 Å². The van der Waals surface area contributed by atoms with E-state index in [-0.39, 0.29) is 11.7 Å². The van der Waals surface area contributed by atoms with Crippen molar-refractivity contribution >= 4 is 17.4 Å². The number of nitrogens with one attached hydrogen (secondary N) is 1. The van der Waals surface area contributed by atoms with E-state index >= 15 is 0 Å². The molecule has 1 atom stereocenters. The third-order valence-corrected chi connectivity index (χ3v) is 7.81. The van der Waals surface area contributed by atoms with Crippen LogP contribution in [-0.4, -0.2) is 38.3 Å². The smallest absolute Gasteiger partial charge is 0.406 e. The zero-order valence-corrected chi connectivity index (χ0v) is 24.7. The molecule has 2 amide bonds. The normalized spacial score (nSPS) is 12.8. The predicted molar refractivity (Wildman–Crippen MR) is 159 cm³/mol. The summed E-state index contributed by atoms with van der Waals surface area (Å²) in [6.45, 7) is 8.50. The Bertz CT molecular complexity index is 1780. The molecule has 8 nitrogen and oxygen atoms in total. The van der Waals surface area contributed by atoms with E-state index < -0.39 is 12.4 Å². The van der Waals surface area contributed by atoms with Gasteiger partial charge in [0.05, 0.1) is 11.4 Å². The van der Waals surface area contributed by atoms with Gasteiger partial charge in [0.2, 0.25) is 0 Å². The minimum atomic E-state index is -4.75. The molecule has 1 N–H and O–H groups in total. The van der Waals surface area contributed by atoms with Crippen LogP contribution in [0.25, 0.3) is 22.8 Å². The van der Waals surface area contributed by atoms with Crippen LogP contribution in [-0.2, 0) is 0 Å². The molecule has 3 aromatic carbocycles. The van der Waals surface area contributed by atoms with Crippen LogP contribution in [0.3, 0.4) is 0 Å². The van der Waals surface area contributed by atoms with Gasteiger partial charge in [-0.3, -0.25) is 4.57 Å². The lowest BCUT2D eigenvalue weighted by Crippen LogP contribution is -2.28. The Hall–Kier alpha value is -4.71. The van der Waals surface area contributed by atoms with Crippen molar-refractivity contribution in [2.75, 3.05) is 6.54 Å². The SMILES string of the molecule is Cc1cccc(C)c1-n1c(C)csc1=NC(=O)NCC(C)c1ccc(-c2ncn(-c3ccc(OC(F)(F)F)cc3)n2)cc1. The minimum absolute atomic E-state index is 0.0203. The molecule has 222 valence electrons. The van der Waals surface area contributed by atoms with Gasteiger partial charge >= 0.3 is 12.4 Å². The summed E-state index contributed by atoms with van der Waals surface area (Å²) < 4.78 is 44.6. The monoisotopic (exact) mass is 606 g/mol. The number of amides is 2. The number of hydrogen-bond acceptors (Lipinski definition) is 5. The van der Waals surface area contributed by atoms with Gasteiger partial charge in [-0.15, -0.1) is 29.6 Å². The second-order valence-electron chi connectivity index (χ2n) is 10.1. The van der Waals surface area contributed by atoms with Crippen LogP contribution in [0.1, 0.15) is 35.2 Å². The largest absolute Gasteiger partial charge is 0.573 e.